The Morgan fingerprint density at radius 1 is 1.17 bits per heavy atom. The molecule has 1 N–H and O–H groups in total. The summed E-state index contributed by atoms with van der Waals surface area (Å²) in [4.78, 5) is 17.5. The van der Waals surface area contributed by atoms with Crippen molar-refractivity contribution in [3.63, 3.8) is 0 Å². The Balaban J connectivity index is 1.53. The number of rotatable bonds is 5. The zero-order chi connectivity index (χ0) is 21.9. The first-order valence-corrected chi connectivity index (χ1v) is 11.7. The van der Waals surface area contributed by atoms with E-state index in [9.17, 15) is 9.90 Å². The van der Waals surface area contributed by atoms with Gasteiger partial charge in [0.2, 0.25) is 5.91 Å². The van der Waals surface area contributed by atoms with Gasteiger partial charge in [-0.2, -0.15) is 0 Å². The first-order valence-electron chi connectivity index (χ1n) is 11.3. The summed E-state index contributed by atoms with van der Waals surface area (Å²) in [5.74, 6) is 1.13. The van der Waals surface area contributed by atoms with Gasteiger partial charge in [0, 0.05) is 30.1 Å². The van der Waals surface area contributed by atoms with E-state index < -0.39 is 5.60 Å². The van der Waals surface area contributed by atoms with E-state index in [0.717, 1.165) is 60.8 Å². The normalized spacial score (nSPS) is 24.2. The third-order valence-corrected chi connectivity index (χ3v) is 7.35. The van der Waals surface area contributed by atoms with Crippen molar-refractivity contribution >= 4 is 17.5 Å². The lowest BCUT2D eigenvalue weighted by atomic mass is 9.94. The summed E-state index contributed by atoms with van der Waals surface area (Å²) in [5.41, 5.74) is 1.04. The Kier molecular flexibility index (Phi) is 7.70. The highest BCUT2D eigenvalue weighted by atomic mass is 35.5. The predicted molar refractivity (Wildman–Crippen MR) is 121 cm³/mol. The number of benzene rings is 1. The number of nitrogens with zero attached hydrogens (tertiary/aromatic N) is 2. The Labute approximate surface area is 186 Å². The third-order valence-electron chi connectivity index (χ3n) is 6.76. The molecule has 1 amide bonds. The van der Waals surface area contributed by atoms with Crippen LogP contribution in [0.25, 0.3) is 0 Å². The topological polar surface area (TPSA) is 53.0 Å². The van der Waals surface area contributed by atoms with Gasteiger partial charge in [-0.3, -0.25) is 4.79 Å². The fraction of sp³-hybridized carbons (Fsp3) is 0.708. The molecule has 0 saturated carbocycles. The van der Waals surface area contributed by atoms with Crippen LogP contribution in [0.1, 0.15) is 57.1 Å². The minimum absolute atomic E-state index is 0.127. The quantitative estimate of drug-likeness (QED) is 0.751. The lowest BCUT2D eigenvalue weighted by Gasteiger charge is -2.36. The molecule has 168 valence electrons. The second-order valence-electron chi connectivity index (χ2n) is 9.47. The zero-order valence-corrected chi connectivity index (χ0v) is 19.7. The molecule has 2 aliphatic heterocycles. The average molecular weight is 437 g/mol. The maximum atomic E-state index is 13.1. The van der Waals surface area contributed by atoms with Crippen molar-refractivity contribution in [2.24, 2.45) is 5.92 Å². The maximum Gasteiger partial charge on any atom is 0.225 e. The van der Waals surface area contributed by atoms with Crippen molar-refractivity contribution < 1.29 is 14.6 Å². The van der Waals surface area contributed by atoms with E-state index in [1.165, 1.54) is 0 Å². The fourth-order valence-corrected chi connectivity index (χ4v) is 4.78. The van der Waals surface area contributed by atoms with Crippen LogP contribution in [-0.4, -0.2) is 65.2 Å². The minimum Gasteiger partial charge on any atom is -0.491 e. The van der Waals surface area contributed by atoms with E-state index in [2.05, 4.69) is 18.7 Å². The molecule has 1 aromatic carbocycles. The highest BCUT2D eigenvalue weighted by Gasteiger charge is 2.35. The van der Waals surface area contributed by atoms with Crippen LogP contribution >= 0.6 is 11.6 Å². The van der Waals surface area contributed by atoms with Crippen molar-refractivity contribution in [3.05, 3.63) is 28.3 Å². The molecule has 30 heavy (non-hydrogen) atoms. The van der Waals surface area contributed by atoms with Gasteiger partial charge in [0.25, 0.3) is 0 Å². The number of carbonyl (C=O) groups is 1. The number of halogens is 1. The number of aryl methyl sites for hydroxylation is 2. The number of likely N-dealkylation sites (tertiary alicyclic amines) is 2. The number of hydrogen-bond donors (Lipinski definition) is 1. The molecule has 2 heterocycles. The molecule has 0 aromatic heterocycles. The third kappa shape index (κ3) is 5.68. The van der Waals surface area contributed by atoms with Gasteiger partial charge >= 0.3 is 0 Å². The Morgan fingerprint density at radius 2 is 1.80 bits per heavy atom. The lowest BCUT2D eigenvalue weighted by Crippen LogP contribution is -2.45. The molecule has 0 bridgehead atoms. The first kappa shape index (κ1) is 23.4. The van der Waals surface area contributed by atoms with Gasteiger partial charge in [0.05, 0.1) is 0 Å². The van der Waals surface area contributed by atoms with Crippen LogP contribution < -0.4 is 4.74 Å². The summed E-state index contributed by atoms with van der Waals surface area (Å²) < 4.78 is 5.95. The van der Waals surface area contributed by atoms with Gasteiger partial charge < -0.3 is 19.6 Å². The van der Waals surface area contributed by atoms with E-state index in [1.54, 1.807) is 0 Å². The smallest absolute Gasteiger partial charge is 0.225 e. The predicted octanol–water partition coefficient (Wildman–Crippen LogP) is 4.20. The Bertz CT molecular complexity index is 723. The van der Waals surface area contributed by atoms with Crippen molar-refractivity contribution in [2.45, 2.75) is 71.4 Å². The van der Waals surface area contributed by atoms with Gasteiger partial charge in [-0.1, -0.05) is 11.6 Å². The fourth-order valence-electron chi connectivity index (χ4n) is 4.67. The number of ether oxygens (including phenoxy) is 1. The summed E-state index contributed by atoms with van der Waals surface area (Å²) in [6.07, 6.45) is 3.88. The molecule has 1 atom stereocenters. The van der Waals surface area contributed by atoms with Crippen molar-refractivity contribution in [1.82, 2.24) is 9.80 Å². The van der Waals surface area contributed by atoms with Crippen LogP contribution in [0, 0.1) is 19.8 Å². The van der Waals surface area contributed by atoms with Crippen molar-refractivity contribution in [1.29, 1.82) is 0 Å². The van der Waals surface area contributed by atoms with E-state index in [0.29, 0.717) is 25.4 Å². The van der Waals surface area contributed by atoms with E-state index in [4.69, 9.17) is 16.3 Å². The molecule has 2 fully saturated rings. The number of amides is 1. The summed E-state index contributed by atoms with van der Waals surface area (Å²) in [6, 6.07) is 4.37. The molecule has 1 aromatic rings. The molecular formula is C24H37ClN2O3. The summed E-state index contributed by atoms with van der Waals surface area (Å²) in [6.45, 7) is 11.9. The van der Waals surface area contributed by atoms with E-state index >= 15 is 0 Å². The van der Waals surface area contributed by atoms with E-state index in [-0.39, 0.29) is 18.4 Å². The highest BCUT2D eigenvalue weighted by Crippen LogP contribution is 2.29. The monoisotopic (exact) mass is 436 g/mol. The molecular weight excluding hydrogens is 400 g/mol. The van der Waals surface area contributed by atoms with Crippen LogP contribution in [0.5, 0.6) is 5.75 Å². The molecule has 3 rings (SSSR count). The zero-order valence-electron chi connectivity index (χ0n) is 18.9. The maximum absolute atomic E-state index is 13.1. The Hall–Kier alpha value is -1.30. The van der Waals surface area contributed by atoms with Crippen molar-refractivity contribution in [2.75, 3.05) is 32.8 Å². The van der Waals surface area contributed by atoms with Crippen LogP contribution in [0.15, 0.2) is 12.1 Å². The van der Waals surface area contributed by atoms with Gasteiger partial charge in [-0.25, -0.2) is 0 Å². The lowest BCUT2D eigenvalue weighted by molar-refractivity contribution is -0.137. The largest absolute Gasteiger partial charge is 0.491 e. The molecule has 0 radical (unpaired) electrons. The highest BCUT2D eigenvalue weighted by molar-refractivity contribution is 6.32. The molecule has 5 nitrogen and oxygen atoms in total. The molecule has 2 saturated heterocycles. The average Bonchev–Trinajstić information content (AvgIpc) is 2.92. The van der Waals surface area contributed by atoms with Crippen LogP contribution in [-0.2, 0) is 4.79 Å². The van der Waals surface area contributed by atoms with E-state index in [1.807, 2.05) is 30.9 Å². The van der Waals surface area contributed by atoms with Crippen LogP contribution in [0.2, 0.25) is 5.02 Å². The minimum atomic E-state index is -0.905. The summed E-state index contributed by atoms with van der Waals surface area (Å²) >= 11 is 6.24. The first-order chi connectivity index (χ1) is 14.2. The van der Waals surface area contributed by atoms with Gasteiger partial charge in [-0.05, 0) is 96.1 Å². The van der Waals surface area contributed by atoms with Crippen LogP contribution in [0.3, 0.4) is 0 Å². The number of carbonyl (C=O) groups excluding carboxylic acids is 1. The number of piperidine rings is 1. The number of aliphatic hydroxyl groups is 1. The molecule has 2 aliphatic rings. The summed E-state index contributed by atoms with van der Waals surface area (Å²) in [7, 11) is 0. The van der Waals surface area contributed by atoms with Gasteiger partial charge in [0.1, 0.15) is 18.0 Å². The van der Waals surface area contributed by atoms with Crippen molar-refractivity contribution in [3.8, 4) is 5.75 Å². The van der Waals surface area contributed by atoms with Crippen LogP contribution in [0.4, 0.5) is 0 Å². The van der Waals surface area contributed by atoms with Gasteiger partial charge in [0.15, 0.2) is 0 Å². The SMILES string of the molecule is Cc1cc(OCC2(O)CCCN(C(=O)C3CCN(C(C)C)CC3)CC2)cc(C)c1Cl. The second kappa shape index (κ2) is 9.88. The number of hydrogen-bond acceptors (Lipinski definition) is 4. The standard InChI is InChI=1S/C24H37ClN2O3/c1-17(2)26-11-6-20(7-12-26)23(28)27-10-5-8-24(29,9-13-27)16-30-21-14-18(3)22(25)19(4)15-21/h14-15,17,20,29H,5-13,16H2,1-4H3. The Morgan fingerprint density at radius 3 is 2.40 bits per heavy atom. The molecule has 0 aliphatic carbocycles. The molecule has 0 spiro atoms. The molecule has 6 heteroatoms. The molecule has 1 unspecified atom stereocenters. The van der Waals surface area contributed by atoms with Gasteiger partial charge in [-0.15, -0.1) is 0 Å². The second-order valence-corrected chi connectivity index (χ2v) is 9.84. The summed E-state index contributed by atoms with van der Waals surface area (Å²) in [5, 5.41) is 11.9.